The van der Waals surface area contributed by atoms with E-state index in [9.17, 15) is 5.11 Å². The normalized spacial score (nSPS) is 12.4. The molecule has 7 nitrogen and oxygen atoms in total. The molecule has 7 heteroatoms. The molecule has 0 bridgehead atoms. The highest BCUT2D eigenvalue weighted by molar-refractivity contribution is 5.79. The van der Waals surface area contributed by atoms with Crippen molar-refractivity contribution in [3.63, 3.8) is 0 Å². The van der Waals surface area contributed by atoms with Gasteiger partial charge in [0.15, 0.2) is 17.5 Å². The number of nitrogens with one attached hydrogen (secondary N) is 2. The lowest BCUT2D eigenvalue weighted by atomic mass is 10.1. The summed E-state index contributed by atoms with van der Waals surface area (Å²) < 4.78 is 16.3. The molecule has 0 spiro atoms. The van der Waals surface area contributed by atoms with Crippen molar-refractivity contribution in [2.24, 2.45) is 4.99 Å². The zero-order valence-corrected chi connectivity index (χ0v) is 18.4. The number of hydrogen-bond acceptors (Lipinski definition) is 5. The van der Waals surface area contributed by atoms with E-state index in [1.165, 1.54) is 0 Å². The minimum absolute atomic E-state index is 0.118. The van der Waals surface area contributed by atoms with Gasteiger partial charge in [0.25, 0.3) is 0 Å². The number of ether oxygens (including phenoxy) is 3. The molecule has 0 aliphatic heterocycles. The second kappa shape index (κ2) is 11.9. The second-order valence-electron chi connectivity index (χ2n) is 7.02. The lowest BCUT2D eigenvalue weighted by molar-refractivity contribution is 0.180. The average molecular weight is 416 g/mol. The summed E-state index contributed by atoms with van der Waals surface area (Å²) in [7, 11) is 3.22. The van der Waals surface area contributed by atoms with Gasteiger partial charge in [-0.1, -0.05) is 18.2 Å². The molecule has 0 amide bonds. The van der Waals surface area contributed by atoms with E-state index in [4.69, 9.17) is 14.2 Å². The summed E-state index contributed by atoms with van der Waals surface area (Å²) in [5, 5.41) is 16.9. The van der Waals surface area contributed by atoms with Crippen LogP contribution in [0.2, 0.25) is 0 Å². The Labute approximate surface area is 179 Å². The van der Waals surface area contributed by atoms with E-state index in [1.54, 1.807) is 14.2 Å². The van der Waals surface area contributed by atoms with Crippen molar-refractivity contribution < 1.29 is 19.3 Å². The van der Waals surface area contributed by atoms with Crippen LogP contribution in [0.5, 0.6) is 17.2 Å². The van der Waals surface area contributed by atoms with Crippen LogP contribution in [0.4, 0.5) is 0 Å². The van der Waals surface area contributed by atoms with Crippen LogP contribution < -0.4 is 24.8 Å². The molecule has 0 aliphatic carbocycles. The van der Waals surface area contributed by atoms with Crippen molar-refractivity contribution in [2.45, 2.75) is 39.5 Å². The van der Waals surface area contributed by atoms with Crippen molar-refractivity contribution in [2.75, 3.05) is 27.3 Å². The first-order valence-corrected chi connectivity index (χ1v) is 10.1. The summed E-state index contributed by atoms with van der Waals surface area (Å²) in [5.74, 6) is 2.77. The lowest BCUT2D eigenvalue weighted by Crippen LogP contribution is -2.39. The highest BCUT2D eigenvalue weighted by Gasteiger charge is 2.10. The number of nitrogens with zero attached hydrogens (tertiary/aromatic N) is 1. The van der Waals surface area contributed by atoms with Gasteiger partial charge in [-0.25, -0.2) is 4.99 Å². The molecule has 1 atom stereocenters. The van der Waals surface area contributed by atoms with E-state index in [0.29, 0.717) is 30.5 Å². The molecule has 0 heterocycles. The topological polar surface area (TPSA) is 84.3 Å². The van der Waals surface area contributed by atoms with Crippen LogP contribution in [0.25, 0.3) is 0 Å². The molecule has 30 heavy (non-hydrogen) atoms. The van der Waals surface area contributed by atoms with E-state index in [0.717, 1.165) is 23.4 Å². The minimum Gasteiger partial charge on any atom is -0.493 e. The van der Waals surface area contributed by atoms with Gasteiger partial charge in [0.05, 0.1) is 33.0 Å². The maximum atomic E-state index is 10.5. The summed E-state index contributed by atoms with van der Waals surface area (Å²) in [6.07, 6.45) is -0.546. The number of guanidine groups is 1. The number of rotatable bonds is 10. The van der Waals surface area contributed by atoms with Crippen molar-refractivity contribution in [1.29, 1.82) is 0 Å². The fourth-order valence-electron chi connectivity index (χ4n) is 2.84. The Balaban J connectivity index is 1.97. The molecule has 0 saturated carbocycles. The third kappa shape index (κ3) is 7.15. The van der Waals surface area contributed by atoms with Crippen molar-refractivity contribution >= 4 is 5.96 Å². The quantitative estimate of drug-likeness (QED) is 0.408. The van der Waals surface area contributed by atoms with E-state index < -0.39 is 6.10 Å². The van der Waals surface area contributed by atoms with Crippen LogP contribution in [0.15, 0.2) is 47.5 Å². The van der Waals surface area contributed by atoms with E-state index >= 15 is 0 Å². The number of benzene rings is 2. The van der Waals surface area contributed by atoms with Gasteiger partial charge in [0, 0.05) is 13.1 Å². The van der Waals surface area contributed by atoms with Gasteiger partial charge in [-0.2, -0.15) is 0 Å². The van der Waals surface area contributed by atoms with Gasteiger partial charge in [-0.05, 0) is 56.2 Å². The fourth-order valence-corrected chi connectivity index (χ4v) is 2.84. The number of methoxy groups -OCH3 is 2. The van der Waals surface area contributed by atoms with Crippen LogP contribution in [0.3, 0.4) is 0 Å². The number of hydrogen-bond donors (Lipinski definition) is 3. The Hall–Kier alpha value is -2.93. The first-order valence-electron chi connectivity index (χ1n) is 10.1. The van der Waals surface area contributed by atoms with Crippen LogP contribution in [-0.4, -0.2) is 44.5 Å². The molecule has 0 aliphatic rings. The zero-order chi connectivity index (χ0) is 21.9. The molecule has 1 unspecified atom stereocenters. The van der Waals surface area contributed by atoms with Crippen molar-refractivity contribution in [1.82, 2.24) is 10.6 Å². The first-order chi connectivity index (χ1) is 14.5. The van der Waals surface area contributed by atoms with Crippen LogP contribution >= 0.6 is 0 Å². The molecule has 0 saturated heterocycles. The Morgan fingerprint density at radius 1 is 1.00 bits per heavy atom. The zero-order valence-electron chi connectivity index (χ0n) is 18.4. The Bertz CT molecular complexity index is 807. The van der Waals surface area contributed by atoms with Gasteiger partial charge in [0.2, 0.25) is 0 Å². The standard InChI is InChI=1S/C23H33N3O4/c1-6-24-23(25-14-17-7-12-21(28-4)22(13-17)29-5)26-15-20(27)18-8-10-19(11-9-18)30-16(2)3/h7-13,16,20,27H,6,14-15H2,1-5H3,(H2,24,25,26). The second-order valence-corrected chi connectivity index (χ2v) is 7.02. The van der Waals surface area contributed by atoms with Gasteiger partial charge in [0.1, 0.15) is 5.75 Å². The third-order valence-corrected chi connectivity index (χ3v) is 4.31. The summed E-state index contributed by atoms with van der Waals surface area (Å²) in [6.45, 7) is 7.48. The third-order valence-electron chi connectivity index (χ3n) is 4.31. The molecular formula is C23H33N3O4. The molecule has 0 radical (unpaired) electrons. The molecule has 164 valence electrons. The Morgan fingerprint density at radius 3 is 2.30 bits per heavy atom. The first kappa shape index (κ1) is 23.3. The maximum Gasteiger partial charge on any atom is 0.191 e. The average Bonchev–Trinajstić information content (AvgIpc) is 2.75. The van der Waals surface area contributed by atoms with E-state index in [-0.39, 0.29) is 6.10 Å². The van der Waals surface area contributed by atoms with Crippen molar-refractivity contribution in [3.8, 4) is 17.2 Å². The highest BCUT2D eigenvalue weighted by Crippen LogP contribution is 2.27. The van der Waals surface area contributed by atoms with E-state index in [2.05, 4.69) is 15.6 Å². The molecule has 2 aromatic rings. The van der Waals surface area contributed by atoms with E-state index in [1.807, 2.05) is 63.2 Å². The van der Waals surface area contributed by atoms with Gasteiger partial charge < -0.3 is 30.0 Å². The minimum atomic E-state index is -0.664. The summed E-state index contributed by atoms with van der Waals surface area (Å²) >= 11 is 0. The Morgan fingerprint density at radius 2 is 1.70 bits per heavy atom. The summed E-state index contributed by atoms with van der Waals surface area (Å²) in [4.78, 5) is 4.59. The number of aliphatic hydroxyl groups excluding tert-OH is 1. The van der Waals surface area contributed by atoms with Gasteiger partial charge in [-0.15, -0.1) is 0 Å². The predicted octanol–water partition coefficient (Wildman–Crippen LogP) is 3.28. The van der Waals surface area contributed by atoms with Crippen LogP contribution in [0.1, 0.15) is 38.0 Å². The van der Waals surface area contributed by atoms with Crippen LogP contribution in [0, 0.1) is 0 Å². The molecule has 2 aromatic carbocycles. The maximum absolute atomic E-state index is 10.5. The van der Waals surface area contributed by atoms with Gasteiger partial charge in [-0.3, -0.25) is 0 Å². The molecule has 3 N–H and O–H groups in total. The lowest BCUT2D eigenvalue weighted by Gasteiger charge is -2.16. The highest BCUT2D eigenvalue weighted by atomic mass is 16.5. The van der Waals surface area contributed by atoms with Crippen LogP contribution in [-0.2, 0) is 6.54 Å². The smallest absolute Gasteiger partial charge is 0.191 e. The van der Waals surface area contributed by atoms with Gasteiger partial charge >= 0.3 is 0 Å². The summed E-state index contributed by atoms with van der Waals surface area (Å²) in [5.41, 5.74) is 1.81. The summed E-state index contributed by atoms with van der Waals surface area (Å²) in [6, 6.07) is 13.2. The Kier molecular flexibility index (Phi) is 9.28. The fraction of sp³-hybridized carbons (Fsp3) is 0.435. The SMILES string of the molecule is CCNC(=NCc1ccc(OC)c(OC)c1)NCC(O)c1ccc(OC(C)C)cc1. The number of aliphatic hydroxyl groups is 1. The number of aliphatic imine (C=N–C) groups is 1. The molecule has 0 fully saturated rings. The monoisotopic (exact) mass is 415 g/mol. The largest absolute Gasteiger partial charge is 0.493 e. The molecule has 2 rings (SSSR count). The predicted molar refractivity (Wildman–Crippen MR) is 120 cm³/mol. The molecule has 0 aromatic heterocycles. The van der Waals surface area contributed by atoms with Crippen molar-refractivity contribution in [3.05, 3.63) is 53.6 Å². The molecular weight excluding hydrogens is 382 g/mol.